The van der Waals surface area contributed by atoms with Gasteiger partial charge >= 0.3 is 11.9 Å². The van der Waals surface area contributed by atoms with E-state index in [1.165, 1.54) is 23.1 Å². The molecular formula is C23H25NO4. The molecule has 1 fully saturated rings. The number of carboxylic acid groups (broad SMARTS) is 2. The van der Waals surface area contributed by atoms with E-state index in [1.807, 2.05) is 0 Å². The minimum Gasteiger partial charge on any atom is -0.473 e. The van der Waals surface area contributed by atoms with Crippen molar-refractivity contribution in [3.8, 4) is 0 Å². The lowest BCUT2D eigenvalue weighted by molar-refractivity contribution is -0.159. The molecule has 4 rings (SSSR count). The summed E-state index contributed by atoms with van der Waals surface area (Å²) in [5, 5.41) is 14.8. The summed E-state index contributed by atoms with van der Waals surface area (Å²) in [5.74, 6) is -2.18. The van der Waals surface area contributed by atoms with E-state index in [4.69, 9.17) is 19.8 Å². The van der Waals surface area contributed by atoms with Crippen LogP contribution in [0.5, 0.6) is 0 Å². The van der Waals surface area contributed by atoms with Crippen LogP contribution in [0.15, 0.2) is 54.6 Å². The van der Waals surface area contributed by atoms with Crippen molar-refractivity contribution in [1.29, 1.82) is 0 Å². The first-order chi connectivity index (χ1) is 13.4. The zero-order valence-electron chi connectivity index (χ0n) is 16.1. The van der Waals surface area contributed by atoms with Crippen molar-refractivity contribution in [3.05, 3.63) is 76.9 Å². The molecule has 2 atom stereocenters. The number of hydrogen-bond acceptors (Lipinski definition) is 3. The summed E-state index contributed by atoms with van der Waals surface area (Å²) in [5.41, 5.74) is 7.47. The molecule has 0 spiro atoms. The number of carbonyl (C=O) groups is 2. The quantitative estimate of drug-likeness (QED) is 0.793. The lowest BCUT2D eigenvalue weighted by Crippen LogP contribution is -2.12. The number of aliphatic carboxylic acids is 2. The van der Waals surface area contributed by atoms with Crippen molar-refractivity contribution >= 4 is 17.5 Å². The maximum absolute atomic E-state index is 9.10. The van der Waals surface area contributed by atoms with E-state index in [0.29, 0.717) is 0 Å². The van der Waals surface area contributed by atoms with Gasteiger partial charge in [-0.05, 0) is 66.6 Å². The molecule has 2 unspecified atom stereocenters. The molecule has 0 bridgehead atoms. The Morgan fingerprint density at radius 2 is 1.39 bits per heavy atom. The highest BCUT2D eigenvalue weighted by Gasteiger charge is 2.44. The number of rotatable bonds is 3. The van der Waals surface area contributed by atoms with Crippen LogP contribution in [-0.2, 0) is 9.59 Å². The Bertz CT molecular complexity index is 851. The van der Waals surface area contributed by atoms with E-state index < -0.39 is 11.9 Å². The molecule has 0 radical (unpaired) electrons. The van der Waals surface area contributed by atoms with Gasteiger partial charge in [-0.1, -0.05) is 54.6 Å². The Hall–Kier alpha value is -2.92. The lowest BCUT2D eigenvalue weighted by atomic mass is 9.91. The summed E-state index contributed by atoms with van der Waals surface area (Å²) in [6, 6.07) is 18.1. The predicted octanol–water partition coefficient (Wildman–Crippen LogP) is 3.81. The molecule has 0 saturated heterocycles. The molecular weight excluding hydrogens is 354 g/mol. The topological polar surface area (TPSA) is 77.8 Å². The maximum Gasteiger partial charge on any atom is 0.414 e. The van der Waals surface area contributed by atoms with Crippen LogP contribution in [0, 0.1) is 0 Å². The SMILES string of the molecule is CN(C)CCC=C1c2ccccc2C2CC2c2ccccc21.O=C(O)C(=O)O. The van der Waals surface area contributed by atoms with Gasteiger partial charge in [0.15, 0.2) is 0 Å². The molecule has 1 saturated carbocycles. The maximum atomic E-state index is 9.10. The smallest absolute Gasteiger partial charge is 0.414 e. The Balaban J connectivity index is 0.000000330. The fourth-order valence-corrected chi connectivity index (χ4v) is 3.85. The highest BCUT2D eigenvalue weighted by Crippen LogP contribution is 2.59. The van der Waals surface area contributed by atoms with Crippen LogP contribution in [0.25, 0.3) is 5.57 Å². The Morgan fingerprint density at radius 1 is 0.929 bits per heavy atom. The standard InChI is InChI=1S/C21H23N.C2H2O4/c1-22(2)13-7-12-17-15-8-3-5-10-18(15)20-14-21(20)19-11-6-4-9-16(17)19;3-1(4)2(5)6/h3-6,8-12,20-21H,7,13-14H2,1-2H3;(H,3,4)(H,5,6). The molecule has 28 heavy (non-hydrogen) atoms. The van der Waals surface area contributed by atoms with Crippen LogP contribution in [0.4, 0.5) is 0 Å². The van der Waals surface area contributed by atoms with Crippen LogP contribution in [0.2, 0.25) is 0 Å². The predicted molar refractivity (Wildman–Crippen MR) is 109 cm³/mol. The largest absolute Gasteiger partial charge is 0.473 e. The average Bonchev–Trinajstić information content (AvgIpc) is 3.46. The van der Waals surface area contributed by atoms with Gasteiger partial charge in [0, 0.05) is 6.54 Å². The van der Waals surface area contributed by atoms with Gasteiger partial charge in [0.05, 0.1) is 0 Å². The Morgan fingerprint density at radius 3 is 1.82 bits per heavy atom. The zero-order chi connectivity index (χ0) is 20.3. The molecule has 2 aliphatic carbocycles. The lowest BCUT2D eigenvalue weighted by Gasteiger charge is -2.14. The first-order valence-corrected chi connectivity index (χ1v) is 9.39. The van der Waals surface area contributed by atoms with E-state index in [1.54, 1.807) is 11.1 Å². The fourth-order valence-electron chi connectivity index (χ4n) is 3.85. The monoisotopic (exact) mass is 379 g/mol. The number of carboxylic acids is 2. The molecule has 0 heterocycles. The minimum absolute atomic E-state index is 0.733. The van der Waals surface area contributed by atoms with Crippen molar-refractivity contribution in [1.82, 2.24) is 4.90 Å². The normalized spacial score (nSPS) is 18.6. The van der Waals surface area contributed by atoms with Gasteiger partial charge in [-0.2, -0.15) is 0 Å². The summed E-state index contributed by atoms with van der Waals surface area (Å²) in [7, 11) is 4.28. The third-order valence-electron chi connectivity index (χ3n) is 5.20. The highest BCUT2D eigenvalue weighted by molar-refractivity contribution is 6.27. The van der Waals surface area contributed by atoms with Crippen molar-refractivity contribution in [2.75, 3.05) is 20.6 Å². The first kappa shape index (κ1) is 19.8. The molecule has 0 aliphatic heterocycles. The molecule has 5 heteroatoms. The van der Waals surface area contributed by atoms with Gasteiger partial charge in [0.25, 0.3) is 0 Å². The van der Waals surface area contributed by atoms with Gasteiger partial charge in [-0.15, -0.1) is 0 Å². The molecule has 0 amide bonds. The molecule has 5 nitrogen and oxygen atoms in total. The van der Waals surface area contributed by atoms with Crippen LogP contribution < -0.4 is 0 Å². The van der Waals surface area contributed by atoms with E-state index in [-0.39, 0.29) is 0 Å². The fraction of sp³-hybridized carbons (Fsp3) is 0.304. The van der Waals surface area contributed by atoms with Crippen molar-refractivity contribution in [2.45, 2.75) is 24.7 Å². The third kappa shape index (κ3) is 4.31. The third-order valence-corrected chi connectivity index (χ3v) is 5.20. The Kier molecular flexibility index (Phi) is 5.95. The number of hydrogen-bond donors (Lipinski definition) is 2. The van der Waals surface area contributed by atoms with Crippen molar-refractivity contribution in [3.63, 3.8) is 0 Å². The van der Waals surface area contributed by atoms with Gasteiger partial charge in [0.2, 0.25) is 0 Å². The van der Waals surface area contributed by atoms with Crippen LogP contribution in [0.1, 0.15) is 46.9 Å². The number of nitrogens with zero attached hydrogens (tertiary/aromatic N) is 1. The van der Waals surface area contributed by atoms with Gasteiger partial charge in [-0.3, -0.25) is 0 Å². The highest BCUT2D eigenvalue weighted by atomic mass is 16.4. The molecule has 0 aromatic heterocycles. The second kappa shape index (κ2) is 8.40. The van der Waals surface area contributed by atoms with Crippen LogP contribution in [0.3, 0.4) is 0 Å². The van der Waals surface area contributed by atoms with Gasteiger partial charge in [0.1, 0.15) is 0 Å². The van der Waals surface area contributed by atoms with Crippen LogP contribution >= 0.6 is 0 Å². The second-order valence-corrected chi connectivity index (χ2v) is 7.44. The summed E-state index contributed by atoms with van der Waals surface area (Å²) in [6.45, 7) is 1.10. The zero-order valence-corrected chi connectivity index (χ0v) is 16.1. The van der Waals surface area contributed by atoms with E-state index >= 15 is 0 Å². The first-order valence-electron chi connectivity index (χ1n) is 9.39. The van der Waals surface area contributed by atoms with E-state index in [9.17, 15) is 0 Å². The summed E-state index contributed by atoms with van der Waals surface area (Å²) in [4.78, 5) is 20.5. The summed E-state index contributed by atoms with van der Waals surface area (Å²) < 4.78 is 0. The molecule has 146 valence electrons. The summed E-state index contributed by atoms with van der Waals surface area (Å²) in [6.07, 6.45) is 4.86. The van der Waals surface area contributed by atoms with Gasteiger partial charge < -0.3 is 15.1 Å². The number of benzene rings is 2. The van der Waals surface area contributed by atoms with E-state index in [2.05, 4.69) is 73.6 Å². The summed E-state index contributed by atoms with van der Waals surface area (Å²) >= 11 is 0. The van der Waals surface area contributed by atoms with E-state index in [0.717, 1.165) is 24.8 Å². The minimum atomic E-state index is -1.82. The Labute approximate surface area is 164 Å². The molecule has 2 aliphatic rings. The molecule has 2 aromatic rings. The molecule has 2 aromatic carbocycles. The van der Waals surface area contributed by atoms with Gasteiger partial charge in [-0.25, -0.2) is 9.59 Å². The van der Waals surface area contributed by atoms with Crippen molar-refractivity contribution < 1.29 is 19.8 Å². The second-order valence-electron chi connectivity index (χ2n) is 7.44. The average molecular weight is 379 g/mol. The van der Waals surface area contributed by atoms with Crippen molar-refractivity contribution in [2.24, 2.45) is 0 Å². The van der Waals surface area contributed by atoms with Crippen LogP contribution in [-0.4, -0.2) is 47.7 Å². The molecule has 2 N–H and O–H groups in total. The number of fused-ring (bicyclic) bond motifs is 5.